The molecule has 0 unspecified atom stereocenters. The Morgan fingerprint density at radius 1 is 1.41 bits per heavy atom. The molecule has 0 saturated carbocycles. The zero-order valence-corrected chi connectivity index (χ0v) is 10.9. The Morgan fingerprint density at radius 2 is 2.12 bits per heavy atom. The van der Waals surface area contributed by atoms with Crippen LogP contribution in [0.2, 0.25) is 0 Å². The zero-order valence-electron chi connectivity index (χ0n) is 10.9. The van der Waals surface area contributed by atoms with Crippen molar-refractivity contribution in [2.45, 2.75) is 27.2 Å². The summed E-state index contributed by atoms with van der Waals surface area (Å²) in [5, 5.41) is 8.95. The fraction of sp³-hybridized carbons (Fsp3) is 0.615. The van der Waals surface area contributed by atoms with Gasteiger partial charge in [-0.05, 0) is 32.9 Å². The van der Waals surface area contributed by atoms with E-state index in [9.17, 15) is 4.79 Å². The molecule has 4 heteroatoms. The summed E-state index contributed by atoms with van der Waals surface area (Å²) in [7, 11) is 0. The highest BCUT2D eigenvalue weighted by molar-refractivity contribution is 5.98. The van der Waals surface area contributed by atoms with Gasteiger partial charge in [0.1, 0.15) is 0 Å². The average Bonchev–Trinajstić information content (AvgIpc) is 2.58. The second kappa shape index (κ2) is 6.57. The van der Waals surface area contributed by atoms with Crippen LogP contribution in [0.5, 0.6) is 0 Å². The number of aromatic amines is 1. The molecule has 0 bridgehead atoms. The van der Waals surface area contributed by atoms with Crippen LogP contribution in [0, 0.1) is 13.8 Å². The third-order valence-corrected chi connectivity index (χ3v) is 2.77. The monoisotopic (exact) mass is 238 g/mol. The van der Waals surface area contributed by atoms with E-state index in [1.54, 1.807) is 0 Å². The molecule has 17 heavy (non-hydrogen) atoms. The van der Waals surface area contributed by atoms with Crippen molar-refractivity contribution in [1.82, 2.24) is 9.88 Å². The number of H-pyrrole nitrogens is 1. The predicted octanol–water partition coefficient (Wildman–Crippen LogP) is 1.52. The van der Waals surface area contributed by atoms with E-state index in [0.717, 1.165) is 29.9 Å². The number of nitrogens with one attached hydrogen (secondary N) is 1. The summed E-state index contributed by atoms with van der Waals surface area (Å²) in [4.78, 5) is 17.2. The number of aliphatic hydroxyl groups excluding tert-OH is 1. The smallest absolute Gasteiger partial charge is 0.178 e. The first-order chi connectivity index (χ1) is 8.08. The van der Waals surface area contributed by atoms with E-state index in [1.165, 1.54) is 0 Å². The third kappa shape index (κ3) is 3.98. The minimum atomic E-state index is 0.0957. The molecule has 96 valence electrons. The van der Waals surface area contributed by atoms with Gasteiger partial charge in [-0.25, -0.2) is 0 Å². The first kappa shape index (κ1) is 13.9. The lowest BCUT2D eigenvalue weighted by atomic mass is 10.1. The molecule has 1 heterocycles. The summed E-state index contributed by atoms with van der Waals surface area (Å²) in [6.45, 7) is 7.81. The van der Waals surface area contributed by atoms with Crippen molar-refractivity contribution in [2.24, 2.45) is 0 Å². The first-order valence-electron chi connectivity index (χ1n) is 6.11. The molecule has 0 fully saturated rings. The van der Waals surface area contributed by atoms with Gasteiger partial charge in [0.05, 0.1) is 13.2 Å². The SMILES string of the molecule is CCCN(CCO)CC(=O)c1cc(C)[nH]c1C. The largest absolute Gasteiger partial charge is 0.395 e. The molecule has 1 aromatic heterocycles. The fourth-order valence-electron chi connectivity index (χ4n) is 2.03. The quantitative estimate of drug-likeness (QED) is 0.708. The number of Topliss-reactive ketones (excluding diaryl/α,β-unsaturated/α-hetero) is 1. The van der Waals surface area contributed by atoms with Gasteiger partial charge in [0.25, 0.3) is 0 Å². The lowest BCUT2D eigenvalue weighted by Gasteiger charge is -2.19. The maximum absolute atomic E-state index is 12.1. The summed E-state index contributed by atoms with van der Waals surface area (Å²) >= 11 is 0. The van der Waals surface area contributed by atoms with Crippen LogP contribution < -0.4 is 0 Å². The Hall–Kier alpha value is -1.13. The number of rotatable bonds is 7. The van der Waals surface area contributed by atoms with Gasteiger partial charge in [0, 0.05) is 23.5 Å². The Labute approximate surface area is 103 Å². The van der Waals surface area contributed by atoms with Gasteiger partial charge in [-0.15, -0.1) is 0 Å². The van der Waals surface area contributed by atoms with Crippen LogP contribution in [-0.2, 0) is 0 Å². The normalized spacial score (nSPS) is 11.1. The van der Waals surface area contributed by atoms with Crippen LogP contribution >= 0.6 is 0 Å². The van der Waals surface area contributed by atoms with E-state index in [0.29, 0.717) is 13.1 Å². The minimum Gasteiger partial charge on any atom is -0.395 e. The van der Waals surface area contributed by atoms with Crippen molar-refractivity contribution >= 4 is 5.78 Å². The Kier molecular flexibility index (Phi) is 5.38. The lowest BCUT2D eigenvalue weighted by molar-refractivity contribution is 0.0914. The summed E-state index contributed by atoms with van der Waals surface area (Å²) in [6, 6.07) is 1.89. The first-order valence-corrected chi connectivity index (χ1v) is 6.11. The average molecular weight is 238 g/mol. The molecule has 0 radical (unpaired) electrons. The van der Waals surface area contributed by atoms with E-state index in [-0.39, 0.29) is 12.4 Å². The third-order valence-electron chi connectivity index (χ3n) is 2.77. The van der Waals surface area contributed by atoms with Crippen LogP contribution in [0.3, 0.4) is 0 Å². The zero-order chi connectivity index (χ0) is 12.8. The van der Waals surface area contributed by atoms with E-state index < -0.39 is 0 Å². The number of ketones is 1. The molecule has 1 rings (SSSR count). The van der Waals surface area contributed by atoms with Crippen molar-refractivity contribution in [3.8, 4) is 0 Å². The molecular formula is C13H22N2O2. The van der Waals surface area contributed by atoms with Crippen molar-refractivity contribution in [3.05, 3.63) is 23.0 Å². The molecule has 4 nitrogen and oxygen atoms in total. The van der Waals surface area contributed by atoms with Gasteiger partial charge >= 0.3 is 0 Å². The molecule has 0 saturated heterocycles. The van der Waals surface area contributed by atoms with Gasteiger partial charge in [0.15, 0.2) is 5.78 Å². The summed E-state index contributed by atoms with van der Waals surface area (Å²) in [5.41, 5.74) is 2.70. The molecule has 2 N–H and O–H groups in total. The van der Waals surface area contributed by atoms with E-state index >= 15 is 0 Å². The van der Waals surface area contributed by atoms with Crippen molar-refractivity contribution < 1.29 is 9.90 Å². The highest BCUT2D eigenvalue weighted by Crippen LogP contribution is 2.10. The molecule has 0 aliphatic rings. The number of aliphatic hydroxyl groups is 1. The number of carbonyl (C=O) groups excluding carboxylic acids is 1. The van der Waals surface area contributed by atoms with Crippen LogP contribution in [0.25, 0.3) is 0 Å². The van der Waals surface area contributed by atoms with E-state index in [4.69, 9.17) is 5.11 Å². The molecule has 0 aliphatic carbocycles. The molecule has 1 aromatic rings. The fourth-order valence-corrected chi connectivity index (χ4v) is 2.03. The number of aryl methyl sites for hydroxylation is 2. The molecular weight excluding hydrogens is 216 g/mol. The van der Waals surface area contributed by atoms with Gasteiger partial charge < -0.3 is 10.1 Å². The highest BCUT2D eigenvalue weighted by atomic mass is 16.3. The predicted molar refractivity (Wildman–Crippen MR) is 68.4 cm³/mol. The van der Waals surface area contributed by atoms with Crippen LogP contribution in [0.15, 0.2) is 6.07 Å². The second-order valence-electron chi connectivity index (χ2n) is 4.41. The number of nitrogens with zero attached hydrogens (tertiary/aromatic N) is 1. The number of hydrogen-bond donors (Lipinski definition) is 2. The second-order valence-corrected chi connectivity index (χ2v) is 4.41. The maximum Gasteiger partial charge on any atom is 0.178 e. The summed E-state index contributed by atoms with van der Waals surface area (Å²) in [5.74, 6) is 0.119. The van der Waals surface area contributed by atoms with Crippen molar-refractivity contribution in [3.63, 3.8) is 0 Å². The lowest BCUT2D eigenvalue weighted by Crippen LogP contribution is -2.33. The molecule has 0 aromatic carbocycles. The van der Waals surface area contributed by atoms with Gasteiger partial charge in [-0.3, -0.25) is 9.69 Å². The van der Waals surface area contributed by atoms with Crippen LogP contribution in [0.1, 0.15) is 35.1 Å². The topological polar surface area (TPSA) is 56.3 Å². The number of carbonyl (C=O) groups is 1. The molecule has 0 aliphatic heterocycles. The van der Waals surface area contributed by atoms with E-state index in [1.807, 2.05) is 24.8 Å². The highest BCUT2D eigenvalue weighted by Gasteiger charge is 2.15. The van der Waals surface area contributed by atoms with Crippen molar-refractivity contribution in [2.75, 3.05) is 26.2 Å². The minimum absolute atomic E-state index is 0.0957. The van der Waals surface area contributed by atoms with Crippen molar-refractivity contribution in [1.29, 1.82) is 0 Å². The van der Waals surface area contributed by atoms with Crippen LogP contribution in [0.4, 0.5) is 0 Å². The van der Waals surface area contributed by atoms with Gasteiger partial charge in [-0.2, -0.15) is 0 Å². The Balaban J connectivity index is 2.66. The Bertz CT molecular complexity index is 365. The Morgan fingerprint density at radius 3 is 2.59 bits per heavy atom. The van der Waals surface area contributed by atoms with Crippen LogP contribution in [-0.4, -0.2) is 47.0 Å². The maximum atomic E-state index is 12.1. The standard InChI is InChI=1S/C13H22N2O2/c1-4-5-15(6-7-16)9-13(17)12-8-10(2)14-11(12)3/h8,14,16H,4-7,9H2,1-3H3. The number of aromatic nitrogens is 1. The van der Waals surface area contributed by atoms with Gasteiger partial charge in [-0.1, -0.05) is 6.92 Å². The number of hydrogen-bond acceptors (Lipinski definition) is 3. The summed E-state index contributed by atoms with van der Waals surface area (Å²) < 4.78 is 0. The molecule has 0 amide bonds. The van der Waals surface area contributed by atoms with Gasteiger partial charge in [0.2, 0.25) is 0 Å². The molecule has 0 spiro atoms. The molecule has 0 atom stereocenters. The van der Waals surface area contributed by atoms with E-state index in [2.05, 4.69) is 11.9 Å². The summed E-state index contributed by atoms with van der Waals surface area (Å²) in [6.07, 6.45) is 0.985.